The van der Waals surface area contributed by atoms with Gasteiger partial charge in [-0.05, 0) is 33.6 Å². The average Bonchev–Trinajstić information content (AvgIpc) is 2.26. The highest BCUT2D eigenvalue weighted by Crippen LogP contribution is 2.17. The first-order chi connectivity index (χ1) is 7.92. The predicted molar refractivity (Wildman–Crippen MR) is 68.9 cm³/mol. The summed E-state index contributed by atoms with van der Waals surface area (Å²) in [5.41, 5.74) is -0.833. The van der Waals surface area contributed by atoms with Crippen LogP contribution in [0.25, 0.3) is 0 Å². The van der Waals surface area contributed by atoms with Gasteiger partial charge in [0.15, 0.2) is 0 Å². The summed E-state index contributed by atoms with van der Waals surface area (Å²) in [6, 6.07) is 0.286. The Hall–Kier alpha value is -0.770. The van der Waals surface area contributed by atoms with Crippen molar-refractivity contribution in [2.24, 2.45) is 0 Å². The molecule has 4 nitrogen and oxygen atoms in total. The minimum Gasteiger partial charge on any atom is -0.389 e. The molecular formula is C13H26N2O2. The molecule has 1 aliphatic rings. The molecule has 0 atom stereocenters. The molecule has 4 heteroatoms. The van der Waals surface area contributed by atoms with Gasteiger partial charge in [0.2, 0.25) is 0 Å². The van der Waals surface area contributed by atoms with Gasteiger partial charge in [0, 0.05) is 12.6 Å². The number of rotatable bonds is 4. The minimum atomic E-state index is -0.833. The average molecular weight is 242 g/mol. The van der Waals surface area contributed by atoms with Gasteiger partial charge in [0.25, 0.3) is 0 Å². The number of nitrogens with one attached hydrogen (secondary N) is 1. The van der Waals surface area contributed by atoms with Crippen molar-refractivity contribution in [2.45, 2.75) is 64.5 Å². The van der Waals surface area contributed by atoms with Crippen LogP contribution >= 0.6 is 0 Å². The summed E-state index contributed by atoms with van der Waals surface area (Å²) in [4.78, 5) is 13.7. The van der Waals surface area contributed by atoms with Crippen LogP contribution in [0.5, 0.6) is 0 Å². The molecule has 2 amide bonds. The molecule has 0 aromatic heterocycles. The number of carbonyl (C=O) groups is 1. The number of urea groups is 1. The summed E-state index contributed by atoms with van der Waals surface area (Å²) in [6.07, 6.45) is 5.89. The molecule has 0 aliphatic heterocycles. The third-order valence-electron chi connectivity index (χ3n) is 3.18. The summed E-state index contributed by atoms with van der Waals surface area (Å²) in [5, 5.41) is 12.8. The van der Waals surface area contributed by atoms with Gasteiger partial charge in [0.05, 0.1) is 12.1 Å². The van der Waals surface area contributed by atoms with E-state index >= 15 is 0 Å². The zero-order valence-corrected chi connectivity index (χ0v) is 11.3. The Labute approximate surface area is 104 Å². The number of likely N-dealkylation sites (N-methyl/N-ethyl adjacent to an activating group) is 1. The lowest BCUT2D eigenvalue weighted by Gasteiger charge is -2.31. The van der Waals surface area contributed by atoms with Crippen molar-refractivity contribution in [1.82, 2.24) is 10.2 Å². The molecule has 0 unspecified atom stereocenters. The third-order valence-corrected chi connectivity index (χ3v) is 3.18. The maximum Gasteiger partial charge on any atom is 0.317 e. The topological polar surface area (TPSA) is 52.6 Å². The monoisotopic (exact) mass is 242 g/mol. The number of hydrogen-bond donors (Lipinski definition) is 2. The fraction of sp³-hybridized carbons (Fsp3) is 0.923. The van der Waals surface area contributed by atoms with E-state index in [9.17, 15) is 9.90 Å². The Bertz CT molecular complexity index is 242. The molecule has 100 valence electrons. The van der Waals surface area contributed by atoms with E-state index in [1.165, 1.54) is 19.3 Å². The smallest absolute Gasteiger partial charge is 0.317 e. The lowest BCUT2D eigenvalue weighted by Crippen LogP contribution is -2.49. The molecule has 2 N–H and O–H groups in total. The number of hydrogen-bond acceptors (Lipinski definition) is 2. The van der Waals surface area contributed by atoms with Crippen LogP contribution in [0.2, 0.25) is 0 Å². The van der Waals surface area contributed by atoms with Gasteiger partial charge in [0.1, 0.15) is 0 Å². The quantitative estimate of drug-likeness (QED) is 0.793. The molecule has 1 fully saturated rings. The normalized spacial score (nSPS) is 17.9. The van der Waals surface area contributed by atoms with E-state index in [2.05, 4.69) is 5.32 Å². The van der Waals surface area contributed by atoms with Crippen LogP contribution in [0, 0.1) is 0 Å². The lowest BCUT2D eigenvalue weighted by atomic mass is 9.96. The molecular weight excluding hydrogens is 216 g/mol. The van der Waals surface area contributed by atoms with Crippen LogP contribution in [0.1, 0.15) is 52.9 Å². The van der Waals surface area contributed by atoms with E-state index in [-0.39, 0.29) is 6.03 Å². The molecule has 0 bridgehead atoms. The standard InChI is InChI=1S/C13H26N2O2/c1-4-15(10-13(2,3)17)12(16)14-11-8-6-5-7-9-11/h11,17H,4-10H2,1-3H3,(H,14,16). The van der Waals surface area contributed by atoms with Crippen molar-refractivity contribution in [3.63, 3.8) is 0 Å². The van der Waals surface area contributed by atoms with Gasteiger partial charge >= 0.3 is 6.03 Å². The van der Waals surface area contributed by atoms with Crippen LogP contribution in [0.15, 0.2) is 0 Å². The molecule has 1 saturated carbocycles. The van der Waals surface area contributed by atoms with Crippen LogP contribution in [-0.4, -0.2) is 40.8 Å². The molecule has 0 aromatic carbocycles. The van der Waals surface area contributed by atoms with E-state index in [4.69, 9.17) is 0 Å². The van der Waals surface area contributed by atoms with Crippen molar-refractivity contribution in [3.05, 3.63) is 0 Å². The van der Waals surface area contributed by atoms with E-state index < -0.39 is 5.60 Å². The van der Waals surface area contributed by atoms with Gasteiger partial charge in [-0.25, -0.2) is 4.79 Å². The van der Waals surface area contributed by atoms with Crippen molar-refractivity contribution in [3.8, 4) is 0 Å². The second kappa shape index (κ2) is 6.24. The lowest BCUT2D eigenvalue weighted by molar-refractivity contribution is 0.0473. The molecule has 1 rings (SSSR count). The zero-order valence-electron chi connectivity index (χ0n) is 11.3. The first-order valence-corrected chi connectivity index (χ1v) is 6.70. The van der Waals surface area contributed by atoms with Crippen LogP contribution in [-0.2, 0) is 0 Å². The zero-order chi connectivity index (χ0) is 12.9. The van der Waals surface area contributed by atoms with Gasteiger partial charge in [-0.2, -0.15) is 0 Å². The van der Waals surface area contributed by atoms with Crippen molar-refractivity contribution in [1.29, 1.82) is 0 Å². The maximum atomic E-state index is 12.0. The van der Waals surface area contributed by atoms with E-state index in [1.54, 1.807) is 18.7 Å². The van der Waals surface area contributed by atoms with Crippen LogP contribution in [0.3, 0.4) is 0 Å². The molecule has 17 heavy (non-hydrogen) atoms. The summed E-state index contributed by atoms with van der Waals surface area (Å²) in [6.45, 7) is 6.39. The fourth-order valence-electron chi connectivity index (χ4n) is 2.31. The Morgan fingerprint density at radius 3 is 2.41 bits per heavy atom. The summed E-state index contributed by atoms with van der Waals surface area (Å²) in [5.74, 6) is 0. The minimum absolute atomic E-state index is 0.0403. The third kappa shape index (κ3) is 5.39. The summed E-state index contributed by atoms with van der Waals surface area (Å²) >= 11 is 0. The van der Waals surface area contributed by atoms with Gasteiger partial charge < -0.3 is 15.3 Å². The Kier molecular flexibility index (Phi) is 5.25. The van der Waals surface area contributed by atoms with Gasteiger partial charge in [-0.3, -0.25) is 0 Å². The second-order valence-corrected chi connectivity index (χ2v) is 5.61. The van der Waals surface area contributed by atoms with E-state index in [0.29, 0.717) is 19.1 Å². The highest BCUT2D eigenvalue weighted by Gasteiger charge is 2.23. The SMILES string of the molecule is CCN(CC(C)(C)O)C(=O)NC1CCCCC1. The Morgan fingerprint density at radius 1 is 1.35 bits per heavy atom. The highest BCUT2D eigenvalue weighted by atomic mass is 16.3. The second-order valence-electron chi connectivity index (χ2n) is 5.61. The number of amides is 2. The molecule has 0 radical (unpaired) electrons. The number of nitrogens with zero attached hydrogens (tertiary/aromatic N) is 1. The summed E-state index contributed by atoms with van der Waals surface area (Å²) < 4.78 is 0. The first-order valence-electron chi connectivity index (χ1n) is 6.70. The largest absolute Gasteiger partial charge is 0.389 e. The maximum absolute atomic E-state index is 12.0. The number of carbonyl (C=O) groups excluding carboxylic acids is 1. The summed E-state index contributed by atoms with van der Waals surface area (Å²) in [7, 11) is 0. The molecule has 0 aromatic rings. The van der Waals surface area contributed by atoms with Crippen molar-refractivity contribution in [2.75, 3.05) is 13.1 Å². The van der Waals surface area contributed by atoms with Crippen molar-refractivity contribution >= 4 is 6.03 Å². The van der Waals surface area contributed by atoms with Gasteiger partial charge in [-0.1, -0.05) is 19.3 Å². The molecule has 0 saturated heterocycles. The van der Waals surface area contributed by atoms with E-state index in [1.807, 2.05) is 6.92 Å². The number of aliphatic hydroxyl groups is 1. The molecule has 0 heterocycles. The van der Waals surface area contributed by atoms with Gasteiger partial charge in [-0.15, -0.1) is 0 Å². The fourth-order valence-corrected chi connectivity index (χ4v) is 2.31. The molecule has 0 spiro atoms. The van der Waals surface area contributed by atoms with Crippen molar-refractivity contribution < 1.29 is 9.90 Å². The van der Waals surface area contributed by atoms with Crippen LogP contribution < -0.4 is 5.32 Å². The highest BCUT2D eigenvalue weighted by molar-refractivity contribution is 5.74. The first kappa shape index (κ1) is 14.3. The Morgan fingerprint density at radius 2 is 1.94 bits per heavy atom. The Balaban J connectivity index is 2.42. The predicted octanol–water partition coefficient (Wildman–Crippen LogP) is 2.12. The molecule has 1 aliphatic carbocycles. The van der Waals surface area contributed by atoms with E-state index in [0.717, 1.165) is 12.8 Å². The van der Waals surface area contributed by atoms with Crippen LogP contribution in [0.4, 0.5) is 4.79 Å².